The Bertz CT molecular complexity index is 915. The summed E-state index contributed by atoms with van der Waals surface area (Å²) in [6.07, 6.45) is 5.41. The molecule has 4 fully saturated rings. The number of ether oxygens (including phenoxy) is 1. The molecule has 180 valence electrons. The molecule has 0 radical (unpaired) electrons. The molecule has 6 rings (SSSR count). The van der Waals surface area contributed by atoms with Crippen molar-refractivity contribution in [2.45, 2.75) is 55.6 Å². The number of aliphatic hydroxyl groups is 1. The molecule has 0 unspecified atom stereocenters. The molecule has 1 amide bonds. The Morgan fingerprint density at radius 1 is 1.18 bits per heavy atom. The quantitative estimate of drug-likeness (QED) is 0.599. The predicted octanol–water partition coefficient (Wildman–Crippen LogP) is 1.26. The number of aromatic hydroxyl groups is 1. The number of nitrogens with zero attached hydrogens (tertiary/aromatic N) is 2. The predicted molar refractivity (Wildman–Crippen MR) is 124 cm³/mol. The molecule has 7 heteroatoms. The van der Waals surface area contributed by atoms with E-state index in [0.29, 0.717) is 19.4 Å². The van der Waals surface area contributed by atoms with Crippen LogP contribution in [-0.4, -0.2) is 90.0 Å². The highest BCUT2D eigenvalue weighted by atomic mass is 16.5. The SMILES string of the molecule is O=C(NCCN1CCOCC1)[C@@H]1C[C@]23CCN(CC4CC4)[C@H](Cc4ccc(O)cc42)[C@]3(O)C1. The van der Waals surface area contributed by atoms with Crippen LogP contribution < -0.4 is 5.32 Å². The topological polar surface area (TPSA) is 85.3 Å². The second-order valence-electron chi connectivity index (χ2n) is 11.1. The highest BCUT2D eigenvalue weighted by Gasteiger charge is 2.68. The van der Waals surface area contributed by atoms with Crippen molar-refractivity contribution in [2.75, 3.05) is 52.5 Å². The van der Waals surface area contributed by atoms with E-state index in [0.717, 1.165) is 70.3 Å². The molecule has 2 aliphatic heterocycles. The maximum Gasteiger partial charge on any atom is 0.223 e. The number of hydrogen-bond acceptors (Lipinski definition) is 6. The second kappa shape index (κ2) is 8.22. The number of morpholine rings is 1. The van der Waals surface area contributed by atoms with Crippen LogP contribution in [-0.2, 0) is 21.4 Å². The minimum Gasteiger partial charge on any atom is -0.508 e. The van der Waals surface area contributed by atoms with Crippen molar-refractivity contribution in [1.29, 1.82) is 0 Å². The monoisotopic (exact) mass is 455 g/mol. The van der Waals surface area contributed by atoms with Crippen LogP contribution in [0, 0.1) is 11.8 Å². The molecule has 2 bridgehead atoms. The lowest BCUT2D eigenvalue weighted by Gasteiger charge is -2.59. The van der Waals surface area contributed by atoms with E-state index in [9.17, 15) is 15.0 Å². The summed E-state index contributed by atoms with van der Waals surface area (Å²) in [6.45, 7) is 6.86. The van der Waals surface area contributed by atoms with Crippen molar-refractivity contribution < 1.29 is 19.7 Å². The molecule has 2 heterocycles. The van der Waals surface area contributed by atoms with E-state index in [1.807, 2.05) is 12.1 Å². The van der Waals surface area contributed by atoms with Gasteiger partial charge >= 0.3 is 0 Å². The molecule has 0 spiro atoms. The van der Waals surface area contributed by atoms with E-state index >= 15 is 0 Å². The van der Waals surface area contributed by atoms with Gasteiger partial charge in [-0.25, -0.2) is 0 Å². The molecule has 3 aliphatic carbocycles. The van der Waals surface area contributed by atoms with Gasteiger partial charge in [0.15, 0.2) is 0 Å². The highest BCUT2D eigenvalue weighted by molar-refractivity contribution is 5.80. The van der Waals surface area contributed by atoms with E-state index in [2.05, 4.69) is 15.1 Å². The Labute approximate surface area is 196 Å². The van der Waals surface area contributed by atoms with Crippen molar-refractivity contribution in [1.82, 2.24) is 15.1 Å². The molecule has 0 aromatic heterocycles. The fourth-order valence-corrected chi connectivity index (χ4v) is 7.32. The average molecular weight is 456 g/mol. The Hall–Kier alpha value is -1.67. The fraction of sp³-hybridized carbons (Fsp3) is 0.731. The van der Waals surface area contributed by atoms with Gasteiger partial charge in [-0.2, -0.15) is 0 Å². The van der Waals surface area contributed by atoms with Crippen LogP contribution in [0.5, 0.6) is 5.75 Å². The molecule has 5 aliphatic rings. The number of fused-ring (bicyclic) bond motifs is 1. The molecule has 7 nitrogen and oxygen atoms in total. The normalized spacial score (nSPS) is 36.3. The van der Waals surface area contributed by atoms with Gasteiger partial charge in [-0.1, -0.05) is 6.07 Å². The van der Waals surface area contributed by atoms with Crippen molar-refractivity contribution in [3.63, 3.8) is 0 Å². The first-order chi connectivity index (χ1) is 16.0. The summed E-state index contributed by atoms with van der Waals surface area (Å²) in [5, 5.41) is 25.8. The molecule has 2 saturated carbocycles. The van der Waals surface area contributed by atoms with Gasteiger partial charge in [0.05, 0.1) is 18.8 Å². The summed E-state index contributed by atoms with van der Waals surface area (Å²) in [5.41, 5.74) is 0.941. The third-order valence-electron chi connectivity index (χ3n) is 9.21. The Balaban J connectivity index is 1.23. The molecule has 2 saturated heterocycles. The lowest BCUT2D eigenvalue weighted by atomic mass is 9.56. The van der Waals surface area contributed by atoms with Gasteiger partial charge in [-0.3, -0.25) is 14.6 Å². The Morgan fingerprint density at radius 3 is 2.79 bits per heavy atom. The number of carbonyl (C=O) groups is 1. The lowest BCUT2D eigenvalue weighted by Crippen LogP contribution is -2.69. The van der Waals surface area contributed by atoms with Gasteiger partial charge in [0, 0.05) is 50.1 Å². The van der Waals surface area contributed by atoms with Crippen LogP contribution in [0.4, 0.5) is 0 Å². The Kier molecular flexibility index (Phi) is 5.44. The smallest absolute Gasteiger partial charge is 0.223 e. The van der Waals surface area contributed by atoms with Crippen molar-refractivity contribution in [3.05, 3.63) is 29.3 Å². The van der Waals surface area contributed by atoms with Crippen molar-refractivity contribution >= 4 is 5.91 Å². The third-order valence-corrected chi connectivity index (χ3v) is 9.21. The van der Waals surface area contributed by atoms with E-state index in [1.54, 1.807) is 6.07 Å². The summed E-state index contributed by atoms with van der Waals surface area (Å²) >= 11 is 0. The van der Waals surface area contributed by atoms with Gasteiger partial charge in [0.25, 0.3) is 0 Å². The molecule has 33 heavy (non-hydrogen) atoms. The molecular formula is C26H37N3O4. The van der Waals surface area contributed by atoms with E-state index in [1.165, 1.54) is 18.4 Å². The zero-order valence-electron chi connectivity index (χ0n) is 19.5. The summed E-state index contributed by atoms with van der Waals surface area (Å²) in [5.74, 6) is 0.892. The summed E-state index contributed by atoms with van der Waals surface area (Å²) in [6, 6.07) is 5.72. The van der Waals surface area contributed by atoms with Gasteiger partial charge in [0.2, 0.25) is 5.91 Å². The van der Waals surface area contributed by atoms with Crippen LogP contribution in [0.1, 0.15) is 43.2 Å². The minimum absolute atomic E-state index is 0.0510. The molecule has 3 N–H and O–H groups in total. The molecule has 4 atom stereocenters. The van der Waals surface area contributed by atoms with Crippen LogP contribution >= 0.6 is 0 Å². The molecule has 1 aromatic rings. The van der Waals surface area contributed by atoms with Gasteiger partial charge in [-0.05, 0) is 74.2 Å². The number of phenolic OH excluding ortho intramolecular Hbond substituents is 1. The van der Waals surface area contributed by atoms with Crippen molar-refractivity contribution in [3.8, 4) is 5.75 Å². The van der Waals surface area contributed by atoms with Crippen LogP contribution in [0.15, 0.2) is 18.2 Å². The number of rotatable bonds is 6. The van der Waals surface area contributed by atoms with Crippen molar-refractivity contribution in [2.24, 2.45) is 11.8 Å². The van der Waals surface area contributed by atoms with Gasteiger partial charge < -0.3 is 20.3 Å². The number of phenols is 1. The molecule has 1 aromatic carbocycles. The van der Waals surface area contributed by atoms with Gasteiger partial charge in [0.1, 0.15) is 5.75 Å². The molecular weight excluding hydrogens is 418 g/mol. The zero-order valence-corrected chi connectivity index (χ0v) is 19.5. The second-order valence-corrected chi connectivity index (χ2v) is 11.1. The lowest BCUT2D eigenvalue weighted by molar-refractivity contribution is -0.134. The summed E-state index contributed by atoms with van der Waals surface area (Å²) in [4.78, 5) is 18.1. The number of nitrogens with one attached hydrogen (secondary N) is 1. The van der Waals surface area contributed by atoms with Crippen LogP contribution in [0.2, 0.25) is 0 Å². The number of hydrogen-bond donors (Lipinski definition) is 3. The minimum atomic E-state index is -0.923. The van der Waals surface area contributed by atoms with E-state index in [-0.39, 0.29) is 23.6 Å². The van der Waals surface area contributed by atoms with Gasteiger partial charge in [-0.15, -0.1) is 0 Å². The number of amides is 1. The number of piperidine rings is 1. The number of carbonyl (C=O) groups excluding carboxylic acids is 1. The summed E-state index contributed by atoms with van der Waals surface area (Å²) in [7, 11) is 0. The number of likely N-dealkylation sites (tertiary alicyclic amines) is 1. The fourth-order valence-electron chi connectivity index (χ4n) is 7.32. The largest absolute Gasteiger partial charge is 0.508 e. The third kappa shape index (κ3) is 3.68. The maximum atomic E-state index is 13.3. The van der Waals surface area contributed by atoms with E-state index < -0.39 is 11.0 Å². The first-order valence-corrected chi connectivity index (χ1v) is 12.9. The van der Waals surface area contributed by atoms with E-state index in [4.69, 9.17) is 4.74 Å². The Morgan fingerprint density at radius 2 is 2.00 bits per heavy atom. The maximum absolute atomic E-state index is 13.3. The highest BCUT2D eigenvalue weighted by Crippen LogP contribution is 2.62. The van der Waals surface area contributed by atoms with Crippen LogP contribution in [0.25, 0.3) is 0 Å². The summed E-state index contributed by atoms with van der Waals surface area (Å²) < 4.78 is 5.41. The first-order valence-electron chi connectivity index (χ1n) is 12.9. The van der Waals surface area contributed by atoms with Crippen LogP contribution in [0.3, 0.4) is 0 Å². The zero-order chi connectivity index (χ0) is 22.6. The standard InChI is InChI=1S/C26H37N3O4/c30-21-4-3-19-13-23-26(32)16-20(24(31)27-6-8-28-9-11-33-12-10-28)15-25(26,22(19)14-21)5-7-29(23)17-18-1-2-18/h3-4,14,18,20,23,30,32H,1-2,5-13,15-17H2,(H,27,31)/t20-,23-,25-,26-/m1/s1. The number of benzene rings is 1. The average Bonchev–Trinajstić information content (AvgIpc) is 3.56. The first kappa shape index (κ1) is 21.8.